The van der Waals surface area contributed by atoms with Crippen LogP contribution >= 0.6 is 22.9 Å². The summed E-state index contributed by atoms with van der Waals surface area (Å²) in [5, 5.41) is 0. The molecule has 1 nitrogen and oxygen atoms in total. The molecule has 0 bridgehead atoms. The van der Waals surface area contributed by atoms with Gasteiger partial charge in [-0.3, -0.25) is 4.98 Å². The normalized spacial score (nSPS) is 11.9. The minimum Gasteiger partial charge on any atom is -0.253 e. The first-order chi connectivity index (χ1) is 5.14. The molecule has 0 aliphatic carbocycles. The molecule has 3 heteroatoms. The highest BCUT2D eigenvalue weighted by molar-refractivity contribution is 7.09. The molecular formula is C8H12ClNS. The van der Waals surface area contributed by atoms with Crippen molar-refractivity contribution in [1.29, 1.82) is 0 Å². The molecule has 1 aromatic rings. The molecule has 0 fully saturated rings. The Balaban J connectivity index is 2.56. The van der Waals surface area contributed by atoms with Gasteiger partial charge in [-0.05, 0) is 11.8 Å². The number of rotatable bonds is 3. The van der Waals surface area contributed by atoms with E-state index in [1.54, 1.807) is 11.3 Å². The minimum atomic E-state index is 0.202. The summed E-state index contributed by atoms with van der Waals surface area (Å²) in [5.41, 5.74) is 2.06. The maximum Gasteiger partial charge on any atom is 0.0794 e. The van der Waals surface area contributed by atoms with E-state index in [0.29, 0.717) is 5.88 Å². The van der Waals surface area contributed by atoms with E-state index in [4.69, 9.17) is 11.6 Å². The van der Waals surface area contributed by atoms with Gasteiger partial charge < -0.3 is 0 Å². The fourth-order valence-electron chi connectivity index (χ4n) is 0.848. The molecule has 0 aliphatic heterocycles. The number of alkyl halides is 1. The van der Waals surface area contributed by atoms with Crippen molar-refractivity contribution in [1.82, 2.24) is 4.98 Å². The predicted octanol–water partition coefficient (Wildman–Crippen LogP) is 2.95. The van der Waals surface area contributed by atoms with Crippen molar-refractivity contribution in [3.05, 3.63) is 16.6 Å². The van der Waals surface area contributed by atoms with E-state index in [1.165, 1.54) is 4.88 Å². The van der Waals surface area contributed by atoms with Crippen LogP contribution in [-0.2, 0) is 6.42 Å². The summed E-state index contributed by atoms with van der Waals surface area (Å²) in [7, 11) is 0. The number of hydrogen-bond acceptors (Lipinski definition) is 2. The molecule has 0 saturated heterocycles. The van der Waals surface area contributed by atoms with Crippen molar-refractivity contribution in [3.63, 3.8) is 0 Å². The Hall–Kier alpha value is -0.0800. The Morgan fingerprint density at radius 3 is 2.82 bits per heavy atom. The van der Waals surface area contributed by atoms with Gasteiger partial charge in [-0.15, -0.1) is 22.9 Å². The summed E-state index contributed by atoms with van der Waals surface area (Å²) in [6.45, 7) is 4.33. The Labute approximate surface area is 76.4 Å². The van der Waals surface area contributed by atoms with Crippen LogP contribution in [0.4, 0.5) is 0 Å². The second-order valence-electron chi connectivity index (χ2n) is 3.44. The second kappa shape index (κ2) is 3.55. The van der Waals surface area contributed by atoms with Crippen LogP contribution in [0.25, 0.3) is 0 Å². The first kappa shape index (κ1) is 9.01. The molecule has 62 valence electrons. The highest BCUT2D eigenvalue weighted by Crippen LogP contribution is 2.24. The van der Waals surface area contributed by atoms with Gasteiger partial charge in [0.05, 0.1) is 5.51 Å². The molecule has 0 aliphatic rings. The van der Waals surface area contributed by atoms with E-state index in [0.717, 1.165) is 6.42 Å². The molecule has 11 heavy (non-hydrogen) atoms. The standard InChI is InChI=1S/C8H12ClNS/c1-8(2,5-9)3-7-4-10-6-11-7/h4,6H,3,5H2,1-2H3. The Kier molecular flexibility index (Phi) is 2.90. The average Bonchev–Trinajstić information content (AvgIpc) is 2.39. The highest BCUT2D eigenvalue weighted by Gasteiger charge is 2.17. The molecular weight excluding hydrogens is 178 g/mol. The lowest BCUT2D eigenvalue weighted by molar-refractivity contribution is 0.421. The summed E-state index contributed by atoms with van der Waals surface area (Å²) >= 11 is 7.49. The van der Waals surface area contributed by atoms with Crippen molar-refractivity contribution in [3.8, 4) is 0 Å². The zero-order valence-electron chi connectivity index (χ0n) is 6.80. The maximum atomic E-state index is 5.79. The second-order valence-corrected chi connectivity index (χ2v) is 4.68. The lowest BCUT2D eigenvalue weighted by Gasteiger charge is -2.19. The third kappa shape index (κ3) is 2.80. The predicted molar refractivity (Wildman–Crippen MR) is 50.3 cm³/mol. The number of aromatic nitrogens is 1. The number of hydrogen-bond donors (Lipinski definition) is 0. The quantitative estimate of drug-likeness (QED) is 0.667. The van der Waals surface area contributed by atoms with Gasteiger partial charge in [0.1, 0.15) is 0 Å². The first-order valence-corrected chi connectivity index (χ1v) is 4.99. The summed E-state index contributed by atoms with van der Waals surface area (Å²) < 4.78 is 0. The zero-order valence-corrected chi connectivity index (χ0v) is 8.37. The molecule has 0 unspecified atom stereocenters. The zero-order chi connectivity index (χ0) is 8.32. The van der Waals surface area contributed by atoms with Gasteiger partial charge in [-0.1, -0.05) is 13.8 Å². The highest BCUT2D eigenvalue weighted by atomic mass is 35.5. The monoisotopic (exact) mass is 189 g/mol. The van der Waals surface area contributed by atoms with Gasteiger partial charge in [0.25, 0.3) is 0 Å². The Morgan fingerprint density at radius 1 is 1.64 bits per heavy atom. The number of thiazole rings is 1. The molecule has 0 atom stereocenters. The summed E-state index contributed by atoms with van der Waals surface area (Å²) in [4.78, 5) is 5.33. The van der Waals surface area contributed by atoms with E-state index >= 15 is 0 Å². The van der Waals surface area contributed by atoms with Crippen LogP contribution in [0.2, 0.25) is 0 Å². The van der Waals surface area contributed by atoms with Gasteiger partial charge in [0.2, 0.25) is 0 Å². The summed E-state index contributed by atoms with van der Waals surface area (Å²) in [6.07, 6.45) is 2.94. The topological polar surface area (TPSA) is 12.9 Å². The SMILES string of the molecule is CC(C)(CCl)Cc1cncs1. The molecule has 0 amide bonds. The number of nitrogens with zero attached hydrogens (tertiary/aromatic N) is 1. The van der Waals surface area contributed by atoms with E-state index in [-0.39, 0.29) is 5.41 Å². The Morgan fingerprint density at radius 2 is 2.36 bits per heavy atom. The molecule has 1 aromatic heterocycles. The van der Waals surface area contributed by atoms with Crippen molar-refractivity contribution >= 4 is 22.9 Å². The van der Waals surface area contributed by atoms with Crippen molar-refractivity contribution in [2.24, 2.45) is 5.41 Å². The molecule has 1 rings (SSSR count). The third-order valence-electron chi connectivity index (χ3n) is 1.50. The van der Waals surface area contributed by atoms with Crippen molar-refractivity contribution in [2.45, 2.75) is 20.3 Å². The molecule has 0 saturated carbocycles. The van der Waals surface area contributed by atoms with Crippen LogP contribution in [0, 0.1) is 5.41 Å². The van der Waals surface area contributed by atoms with E-state index < -0.39 is 0 Å². The van der Waals surface area contributed by atoms with Crippen LogP contribution in [0.3, 0.4) is 0 Å². The molecule has 0 N–H and O–H groups in total. The van der Waals surface area contributed by atoms with E-state index in [1.807, 2.05) is 11.7 Å². The van der Waals surface area contributed by atoms with Gasteiger partial charge >= 0.3 is 0 Å². The summed E-state index contributed by atoms with van der Waals surface area (Å²) in [5.74, 6) is 0.699. The van der Waals surface area contributed by atoms with Crippen LogP contribution < -0.4 is 0 Å². The number of halogens is 1. The minimum absolute atomic E-state index is 0.202. The first-order valence-electron chi connectivity index (χ1n) is 3.57. The lowest BCUT2D eigenvalue weighted by atomic mass is 9.91. The van der Waals surface area contributed by atoms with Gasteiger partial charge in [0, 0.05) is 17.0 Å². The average molecular weight is 190 g/mol. The van der Waals surface area contributed by atoms with Crippen molar-refractivity contribution < 1.29 is 0 Å². The molecule has 1 heterocycles. The third-order valence-corrected chi connectivity index (χ3v) is 3.00. The van der Waals surface area contributed by atoms with E-state index in [9.17, 15) is 0 Å². The van der Waals surface area contributed by atoms with Crippen LogP contribution in [0.1, 0.15) is 18.7 Å². The Bertz CT molecular complexity index is 206. The van der Waals surface area contributed by atoms with Crippen LogP contribution in [-0.4, -0.2) is 10.9 Å². The van der Waals surface area contributed by atoms with Gasteiger partial charge in [-0.25, -0.2) is 0 Å². The lowest BCUT2D eigenvalue weighted by Crippen LogP contribution is -2.15. The molecule has 0 radical (unpaired) electrons. The maximum absolute atomic E-state index is 5.79. The van der Waals surface area contributed by atoms with Gasteiger partial charge in [0.15, 0.2) is 0 Å². The fourth-order valence-corrected chi connectivity index (χ4v) is 1.80. The van der Waals surface area contributed by atoms with Gasteiger partial charge in [-0.2, -0.15) is 0 Å². The summed E-state index contributed by atoms with van der Waals surface area (Å²) in [6, 6.07) is 0. The van der Waals surface area contributed by atoms with Crippen molar-refractivity contribution in [2.75, 3.05) is 5.88 Å². The largest absolute Gasteiger partial charge is 0.253 e. The van der Waals surface area contributed by atoms with Crippen LogP contribution in [0.15, 0.2) is 11.7 Å². The van der Waals surface area contributed by atoms with Crippen LogP contribution in [0.5, 0.6) is 0 Å². The fraction of sp³-hybridized carbons (Fsp3) is 0.625. The van der Waals surface area contributed by atoms with E-state index in [2.05, 4.69) is 18.8 Å². The molecule has 0 aromatic carbocycles. The smallest absolute Gasteiger partial charge is 0.0794 e. The molecule has 0 spiro atoms.